The van der Waals surface area contributed by atoms with Crippen molar-refractivity contribution >= 4 is 11.9 Å². The molecule has 1 aromatic rings. The summed E-state index contributed by atoms with van der Waals surface area (Å²) in [6, 6.07) is 6.84. The fraction of sp³-hybridized carbons (Fsp3) is 0.722. The Kier molecular flexibility index (Phi) is 6.93. The van der Waals surface area contributed by atoms with E-state index in [-0.39, 0.29) is 23.1 Å². The van der Waals surface area contributed by atoms with Gasteiger partial charge in [0.15, 0.2) is 5.79 Å². The summed E-state index contributed by atoms with van der Waals surface area (Å²) in [5, 5.41) is 0. The Labute approximate surface area is 250 Å². The fourth-order valence-corrected chi connectivity index (χ4v) is 10.8. The molecule has 0 radical (unpaired) electrons. The number of para-hydroxylation sites is 1. The highest BCUT2D eigenvalue weighted by molar-refractivity contribution is 5.93. The second-order valence-electron chi connectivity index (χ2n) is 15.1. The van der Waals surface area contributed by atoms with Gasteiger partial charge in [0, 0.05) is 25.7 Å². The molecule has 3 saturated carbocycles. The maximum atomic E-state index is 13.1. The van der Waals surface area contributed by atoms with Gasteiger partial charge < -0.3 is 18.9 Å². The monoisotopic (exact) mass is 576 g/mol. The number of fused-ring (bicyclic) bond motifs is 7. The molecule has 2 heterocycles. The minimum Gasteiger partial charge on any atom is -0.458 e. The van der Waals surface area contributed by atoms with Crippen molar-refractivity contribution in [3.05, 3.63) is 41.5 Å². The number of hydrogen-bond donors (Lipinski definition) is 0. The minimum atomic E-state index is -0.447. The number of carbonyl (C=O) groups excluding carboxylic acids is 2. The summed E-state index contributed by atoms with van der Waals surface area (Å²) in [7, 11) is 0. The first kappa shape index (κ1) is 28.6. The normalized spacial score (nSPS) is 45.7. The molecule has 0 bridgehead atoms. The van der Waals surface area contributed by atoms with Crippen LogP contribution in [0.25, 0.3) is 0 Å². The standard InChI is InChI=1S/C36H48O6/c1-21-12-17-36(39-20-21)22(2)32-31(42-36)19-29-26-11-10-24-18-25(13-15-34(24,4)28(26)14-16-35(29,32)5)41-33(38)27-8-6-7-9-30(27)40-23(3)37/h6-10,21-22,25-26,28-29,31-32H,11-20H2,1-5H3/t21-,22+,25+,26-,28+,29+,31+,32+,34+,35+,36-/m1/s1. The van der Waals surface area contributed by atoms with Crippen LogP contribution >= 0.6 is 0 Å². The van der Waals surface area contributed by atoms with Gasteiger partial charge >= 0.3 is 11.9 Å². The summed E-state index contributed by atoms with van der Waals surface area (Å²) in [4.78, 5) is 24.7. The van der Waals surface area contributed by atoms with Gasteiger partial charge in [0.2, 0.25) is 0 Å². The van der Waals surface area contributed by atoms with Crippen molar-refractivity contribution in [3.8, 4) is 5.75 Å². The number of esters is 2. The Bertz CT molecular complexity index is 1280. The van der Waals surface area contributed by atoms with Crippen LogP contribution in [0.3, 0.4) is 0 Å². The first-order valence-electron chi connectivity index (χ1n) is 16.5. The summed E-state index contributed by atoms with van der Waals surface area (Å²) in [5.41, 5.74) is 2.27. The molecule has 228 valence electrons. The lowest BCUT2D eigenvalue weighted by Crippen LogP contribution is -2.52. The molecule has 7 rings (SSSR count). The van der Waals surface area contributed by atoms with Crippen molar-refractivity contribution < 1.29 is 28.5 Å². The fourth-order valence-electron chi connectivity index (χ4n) is 10.8. The first-order chi connectivity index (χ1) is 20.0. The summed E-state index contributed by atoms with van der Waals surface area (Å²) >= 11 is 0. The van der Waals surface area contributed by atoms with E-state index in [1.165, 1.54) is 38.2 Å². The van der Waals surface area contributed by atoms with Crippen LogP contribution in [0.1, 0.15) is 103 Å². The predicted molar refractivity (Wildman–Crippen MR) is 159 cm³/mol. The summed E-state index contributed by atoms with van der Waals surface area (Å²) in [6.07, 6.45) is 12.5. The summed E-state index contributed by atoms with van der Waals surface area (Å²) in [6.45, 7) is 12.0. The van der Waals surface area contributed by atoms with E-state index in [1.807, 2.05) is 0 Å². The number of allylic oxidation sites excluding steroid dienone is 1. The van der Waals surface area contributed by atoms with Gasteiger partial charge in [-0.25, -0.2) is 4.79 Å². The van der Waals surface area contributed by atoms with Gasteiger partial charge in [0.1, 0.15) is 17.4 Å². The molecule has 5 fully saturated rings. The van der Waals surface area contributed by atoms with Crippen LogP contribution in [0.15, 0.2) is 35.9 Å². The van der Waals surface area contributed by atoms with Crippen LogP contribution in [-0.2, 0) is 19.0 Å². The highest BCUT2D eigenvalue weighted by Gasteiger charge is 2.68. The van der Waals surface area contributed by atoms with E-state index in [0.717, 1.165) is 38.7 Å². The van der Waals surface area contributed by atoms with E-state index < -0.39 is 11.9 Å². The van der Waals surface area contributed by atoms with Gasteiger partial charge in [-0.3, -0.25) is 4.79 Å². The third kappa shape index (κ3) is 4.33. The lowest BCUT2D eigenvalue weighted by molar-refractivity contribution is -0.272. The van der Waals surface area contributed by atoms with Crippen LogP contribution in [-0.4, -0.2) is 36.5 Å². The number of benzene rings is 1. The zero-order chi connectivity index (χ0) is 29.4. The predicted octanol–water partition coefficient (Wildman–Crippen LogP) is 7.50. The van der Waals surface area contributed by atoms with Crippen LogP contribution in [0.4, 0.5) is 0 Å². The van der Waals surface area contributed by atoms with Crippen LogP contribution < -0.4 is 4.74 Å². The van der Waals surface area contributed by atoms with E-state index >= 15 is 0 Å². The Morgan fingerprint density at radius 3 is 2.57 bits per heavy atom. The van der Waals surface area contributed by atoms with Crippen molar-refractivity contribution in [1.29, 1.82) is 0 Å². The summed E-state index contributed by atoms with van der Waals surface area (Å²) < 4.78 is 24.8. The lowest BCUT2D eigenvalue weighted by Gasteiger charge is -2.58. The van der Waals surface area contributed by atoms with Gasteiger partial charge in [-0.2, -0.15) is 0 Å². The molecule has 0 aromatic heterocycles. The maximum absolute atomic E-state index is 13.1. The molecule has 2 aliphatic heterocycles. The SMILES string of the molecule is CC(=O)Oc1ccccc1C(=O)O[C@H]1CC[C@@]2(C)C(=CC[C@H]3[C@@H]4C[C@@H]5O[C@]6(CC[C@@H](C)CO6)[C@@H](C)[C@@H]5[C@@]4(C)CC[C@@H]32)C1. The highest BCUT2D eigenvalue weighted by Crippen LogP contribution is 2.70. The lowest BCUT2D eigenvalue weighted by atomic mass is 9.47. The zero-order valence-corrected chi connectivity index (χ0v) is 26.0. The van der Waals surface area contributed by atoms with Crippen molar-refractivity contribution in [1.82, 2.24) is 0 Å². The molecule has 0 N–H and O–H groups in total. The van der Waals surface area contributed by atoms with Gasteiger partial charge in [0.05, 0.1) is 12.7 Å². The van der Waals surface area contributed by atoms with Gasteiger partial charge in [0.25, 0.3) is 0 Å². The van der Waals surface area contributed by atoms with E-state index in [9.17, 15) is 9.59 Å². The smallest absolute Gasteiger partial charge is 0.342 e. The second-order valence-corrected chi connectivity index (χ2v) is 15.1. The molecule has 0 unspecified atom stereocenters. The molecule has 6 aliphatic rings. The Morgan fingerprint density at radius 2 is 1.81 bits per heavy atom. The van der Waals surface area contributed by atoms with E-state index in [1.54, 1.807) is 24.3 Å². The molecule has 11 atom stereocenters. The van der Waals surface area contributed by atoms with Crippen LogP contribution in [0, 0.1) is 46.3 Å². The minimum absolute atomic E-state index is 0.151. The zero-order valence-electron chi connectivity index (χ0n) is 26.0. The quantitative estimate of drug-likeness (QED) is 0.211. The molecular weight excluding hydrogens is 528 g/mol. The average molecular weight is 577 g/mol. The summed E-state index contributed by atoms with van der Waals surface area (Å²) in [5.74, 6) is 2.76. The number of ether oxygens (including phenoxy) is 4. The molecule has 6 nitrogen and oxygen atoms in total. The molecule has 6 heteroatoms. The Morgan fingerprint density at radius 1 is 1.00 bits per heavy atom. The molecule has 4 aliphatic carbocycles. The van der Waals surface area contributed by atoms with Crippen LogP contribution in [0.2, 0.25) is 0 Å². The van der Waals surface area contributed by atoms with Gasteiger partial charge in [-0.05, 0) is 97.5 Å². The van der Waals surface area contributed by atoms with Crippen molar-refractivity contribution in [2.75, 3.05) is 6.61 Å². The molecule has 1 spiro atoms. The van der Waals surface area contributed by atoms with Gasteiger partial charge in [-0.1, -0.05) is 51.5 Å². The Hall–Kier alpha value is -2.18. The van der Waals surface area contributed by atoms with Crippen LogP contribution in [0.5, 0.6) is 5.75 Å². The molecular formula is C36H48O6. The largest absolute Gasteiger partial charge is 0.458 e. The van der Waals surface area contributed by atoms with Gasteiger partial charge in [-0.15, -0.1) is 0 Å². The average Bonchev–Trinajstić information content (AvgIpc) is 3.40. The van der Waals surface area contributed by atoms with Crippen molar-refractivity contribution in [2.45, 2.75) is 110 Å². The van der Waals surface area contributed by atoms with E-state index in [4.69, 9.17) is 18.9 Å². The number of hydrogen-bond acceptors (Lipinski definition) is 6. The first-order valence-corrected chi connectivity index (χ1v) is 16.5. The van der Waals surface area contributed by atoms with E-state index in [2.05, 4.69) is 33.8 Å². The molecule has 2 saturated heterocycles. The third-order valence-electron chi connectivity index (χ3n) is 13.0. The second kappa shape index (κ2) is 10.2. The number of carbonyl (C=O) groups is 2. The molecule has 0 amide bonds. The third-order valence-corrected chi connectivity index (χ3v) is 13.0. The van der Waals surface area contributed by atoms with Crippen molar-refractivity contribution in [3.63, 3.8) is 0 Å². The number of rotatable bonds is 3. The topological polar surface area (TPSA) is 71.1 Å². The Balaban J connectivity index is 1.06. The van der Waals surface area contributed by atoms with Crippen molar-refractivity contribution in [2.24, 2.45) is 46.3 Å². The highest BCUT2D eigenvalue weighted by atomic mass is 16.7. The van der Waals surface area contributed by atoms with E-state index in [0.29, 0.717) is 52.6 Å². The maximum Gasteiger partial charge on any atom is 0.342 e. The molecule has 1 aromatic carbocycles. The molecule has 42 heavy (non-hydrogen) atoms.